The van der Waals surface area contributed by atoms with E-state index in [9.17, 15) is 9.59 Å². The first-order valence-electron chi connectivity index (χ1n) is 9.67. The Balaban J connectivity index is 1.70. The first-order chi connectivity index (χ1) is 13.0. The summed E-state index contributed by atoms with van der Waals surface area (Å²) in [5, 5.41) is 3.21. The van der Waals surface area contributed by atoms with Crippen LogP contribution in [0.5, 0.6) is 0 Å². The largest absolute Gasteiger partial charge is 0.325 e. The van der Waals surface area contributed by atoms with Gasteiger partial charge in [-0.15, -0.1) is 0 Å². The number of aromatic amines is 1. The third kappa shape index (κ3) is 4.80. The second-order valence-corrected chi connectivity index (χ2v) is 8.48. The minimum Gasteiger partial charge on any atom is -0.325 e. The molecule has 1 atom stereocenters. The standard InChI is InChI=1S/C21H27N3O2S/c1-4-18(20(26)22-15-11-9-14(10-12-15)13(2)3)27-21-23-17-8-6-5-7-16(17)19(25)24-21/h9-13,18H,4-8H2,1-3H3,(H,22,26)(H,23,24,25). The quantitative estimate of drug-likeness (QED) is 0.575. The first-order valence-corrected chi connectivity index (χ1v) is 10.6. The molecule has 1 unspecified atom stereocenters. The summed E-state index contributed by atoms with van der Waals surface area (Å²) < 4.78 is 0. The lowest BCUT2D eigenvalue weighted by Crippen LogP contribution is -2.26. The van der Waals surface area contributed by atoms with Crippen molar-refractivity contribution >= 4 is 23.4 Å². The van der Waals surface area contributed by atoms with E-state index < -0.39 is 0 Å². The third-order valence-electron chi connectivity index (χ3n) is 4.93. The SMILES string of the molecule is CCC(Sc1nc2c(c(=O)[nH]1)CCCC2)C(=O)Nc1ccc(C(C)C)cc1. The minimum absolute atomic E-state index is 0.0539. The number of nitrogens with zero attached hydrogens (tertiary/aromatic N) is 1. The van der Waals surface area contributed by atoms with Crippen LogP contribution in [-0.4, -0.2) is 21.1 Å². The van der Waals surface area contributed by atoms with Crippen LogP contribution in [0, 0.1) is 0 Å². The van der Waals surface area contributed by atoms with Crippen LogP contribution in [0.15, 0.2) is 34.2 Å². The van der Waals surface area contributed by atoms with Crippen molar-refractivity contribution in [1.29, 1.82) is 0 Å². The molecule has 0 bridgehead atoms. The fourth-order valence-corrected chi connectivity index (χ4v) is 4.18. The number of nitrogens with one attached hydrogen (secondary N) is 2. The number of thioether (sulfide) groups is 1. The molecule has 144 valence electrons. The summed E-state index contributed by atoms with van der Waals surface area (Å²) in [5.74, 6) is 0.390. The molecular formula is C21H27N3O2S. The van der Waals surface area contributed by atoms with Crippen molar-refractivity contribution in [2.45, 2.75) is 69.2 Å². The maximum Gasteiger partial charge on any atom is 0.254 e. The van der Waals surface area contributed by atoms with Gasteiger partial charge in [0.2, 0.25) is 5.91 Å². The van der Waals surface area contributed by atoms with E-state index in [1.54, 1.807) is 0 Å². The molecule has 1 amide bonds. The Bertz CT molecular complexity index is 859. The number of aromatic nitrogens is 2. The van der Waals surface area contributed by atoms with Crippen molar-refractivity contribution in [3.8, 4) is 0 Å². The van der Waals surface area contributed by atoms with Crippen LogP contribution in [0.25, 0.3) is 0 Å². The summed E-state index contributed by atoms with van der Waals surface area (Å²) in [6, 6.07) is 7.95. The Kier molecular flexibility index (Phi) is 6.37. The highest BCUT2D eigenvalue weighted by molar-refractivity contribution is 8.00. The van der Waals surface area contributed by atoms with Gasteiger partial charge in [-0.2, -0.15) is 0 Å². The fraction of sp³-hybridized carbons (Fsp3) is 0.476. The molecule has 27 heavy (non-hydrogen) atoms. The molecule has 0 spiro atoms. The number of aryl methyl sites for hydroxylation is 1. The predicted molar refractivity (Wildman–Crippen MR) is 111 cm³/mol. The van der Waals surface area contributed by atoms with E-state index in [0.29, 0.717) is 17.5 Å². The maximum absolute atomic E-state index is 12.7. The van der Waals surface area contributed by atoms with Crippen molar-refractivity contribution in [2.75, 3.05) is 5.32 Å². The number of carbonyl (C=O) groups is 1. The number of rotatable bonds is 6. The molecule has 1 aromatic heterocycles. The average Bonchev–Trinajstić information content (AvgIpc) is 2.66. The summed E-state index contributed by atoms with van der Waals surface area (Å²) in [5.41, 5.74) is 3.68. The van der Waals surface area contributed by atoms with Crippen LogP contribution in [0.4, 0.5) is 5.69 Å². The summed E-state index contributed by atoms with van der Waals surface area (Å²) in [7, 11) is 0. The van der Waals surface area contributed by atoms with Crippen molar-refractivity contribution in [1.82, 2.24) is 9.97 Å². The van der Waals surface area contributed by atoms with E-state index in [1.165, 1.54) is 17.3 Å². The van der Waals surface area contributed by atoms with Gasteiger partial charge in [0, 0.05) is 11.3 Å². The van der Waals surface area contributed by atoms with Gasteiger partial charge in [-0.25, -0.2) is 4.98 Å². The number of carbonyl (C=O) groups excluding carboxylic acids is 1. The molecule has 2 N–H and O–H groups in total. The molecule has 6 heteroatoms. The number of benzene rings is 1. The fourth-order valence-electron chi connectivity index (χ4n) is 3.27. The normalized spacial score (nSPS) is 14.7. The average molecular weight is 386 g/mol. The van der Waals surface area contributed by atoms with Gasteiger partial charge in [-0.3, -0.25) is 9.59 Å². The zero-order valence-corrected chi connectivity index (χ0v) is 17.0. The van der Waals surface area contributed by atoms with E-state index in [2.05, 4.69) is 29.1 Å². The molecule has 0 saturated carbocycles. The van der Waals surface area contributed by atoms with Gasteiger partial charge in [0.15, 0.2) is 5.16 Å². The van der Waals surface area contributed by atoms with Crippen molar-refractivity contribution < 1.29 is 4.79 Å². The minimum atomic E-state index is -0.306. The Morgan fingerprint density at radius 2 is 1.93 bits per heavy atom. The molecule has 0 radical (unpaired) electrons. The van der Waals surface area contributed by atoms with Crippen molar-refractivity contribution in [3.05, 3.63) is 51.4 Å². The van der Waals surface area contributed by atoms with Crippen LogP contribution in [0.3, 0.4) is 0 Å². The zero-order chi connectivity index (χ0) is 19.4. The lowest BCUT2D eigenvalue weighted by molar-refractivity contribution is -0.115. The number of anilines is 1. The number of hydrogen-bond acceptors (Lipinski definition) is 4. The number of amides is 1. The number of hydrogen-bond donors (Lipinski definition) is 2. The highest BCUT2D eigenvalue weighted by atomic mass is 32.2. The highest BCUT2D eigenvalue weighted by Crippen LogP contribution is 2.25. The van der Waals surface area contributed by atoms with Gasteiger partial charge >= 0.3 is 0 Å². The lowest BCUT2D eigenvalue weighted by atomic mass is 9.97. The summed E-state index contributed by atoms with van der Waals surface area (Å²) in [4.78, 5) is 32.4. The molecule has 0 aliphatic heterocycles. The maximum atomic E-state index is 12.7. The van der Waals surface area contributed by atoms with Crippen LogP contribution >= 0.6 is 11.8 Å². The lowest BCUT2D eigenvalue weighted by Gasteiger charge is -2.17. The third-order valence-corrected chi connectivity index (χ3v) is 6.18. The van der Waals surface area contributed by atoms with E-state index >= 15 is 0 Å². The van der Waals surface area contributed by atoms with Crippen molar-refractivity contribution in [2.24, 2.45) is 0 Å². The highest BCUT2D eigenvalue weighted by Gasteiger charge is 2.22. The predicted octanol–water partition coefficient (Wildman–Crippen LogP) is 4.28. The van der Waals surface area contributed by atoms with Crippen LogP contribution < -0.4 is 10.9 Å². The van der Waals surface area contributed by atoms with Gasteiger partial charge in [-0.1, -0.05) is 44.7 Å². The van der Waals surface area contributed by atoms with E-state index in [0.717, 1.165) is 42.6 Å². The molecule has 1 heterocycles. The van der Waals surface area contributed by atoms with Gasteiger partial charge in [0.05, 0.1) is 10.9 Å². The molecule has 1 aliphatic carbocycles. The number of fused-ring (bicyclic) bond motifs is 1. The van der Waals surface area contributed by atoms with E-state index in [-0.39, 0.29) is 16.7 Å². The molecule has 2 aromatic rings. The van der Waals surface area contributed by atoms with Crippen LogP contribution in [0.1, 0.15) is 62.8 Å². The van der Waals surface area contributed by atoms with Gasteiger partial charge < -0.3 is 10.3 Å². The van der Waals surface area contributed by atoms with E-state index in [4.69, 9.17) is 0 Å². The summed E-state index contributed by atoms with van der Waals surface area (Å²) in [6.07, 6.45) is 4.41. The number of H-pyrrole nitrogens is 1. The van der Waals surface area contributed by atoms with Crippen molar-refractivity contribution in [3.63, 3.8) is 0 Å². The molecule has 5 nitrogen and oxygen atoms in total. The second kappa shape index (κ2) is 8.74. The first kappa shape index (κ1) is 19.7. The van der Waals surface area contributed by atoms with Gasteiger partial charge in [-0.05, 0) is 55.7 Å². The van der Waals surface area contributed by atoms with E-state index in [1.807, 2.05) is 31.2 Å². The second-order valence-electron chi connectivity index (χ2n) is 7.28. The topological polar surface area (TPSA) is 74.8 Å². The smallest absolute Gasteiger partial charge is 0.254 e. The van der Waals surface area contributed by atoms with Crippen LogP contribution in [-0.2, 0) is 17.6 Å². The molecular weight excluding hydrogens is 358 g/mol. The molecule has 1 aliphatic rings. The monoisotopic (exact) mass is 385 g/mol. The molecule has 0 saturated heterocycles. The zero-order valence-electron chi connectivity index (χ0n) is 16.2. The summed E-state index contributed by atoms with van der Waals surface area (Å²) >= 11 is 1.33. The molecule has 3 rings (SSSR count). The Morgan fingerprint density at radius 1 is 1.22 bits per heavy atom. The van der Waals surface area contributed by atoms with Crippen LogP contribution in [0.2, 0.25) is 0 Å². The molecule has 0 fully saturated rings. The Morgan fingerprint density at radius 3 is 2.59 bits per heavy atom. The van der Waals surface area contributed by atoms with Gasteiger partial charge in [0.1, 0.15) is 0 Å². The Labute approximate surface area is 164 Å². The summed E-state index contributed by atoms with van der Waals surface area (Å²) in [6.45, 7) is 6.25. The van der Waals surface area contributed by atoms with Gasteiger partial charge in [0.25, 0.3) is 5.56 Å². The molecule has 1 aromatic carbocycles. The Hall–Kier alpha value is -2.08.